The molecule has 0 saturated heterocycles. The summed E-state index contributed by atoms with van der Waals surface area (Å²) in [5, 5.41) is 8.52. The fourth-order valence-electron chi connectivity index (χ4n) is 3.28. The Bertz CT molecular complexity index is 1430. The number of benzene rings is 2. The summed E-state index contributed by atoms with van der Waals surface area (Å²) in [4.78, 5) is -0.0642. The van der Waals surface area contributed by atoms with Crippen LogP contribution in [0.1, 0.15) is 18.1 Å². The predicted octanol–water partition coefficient (Wildman–Crippen LogP) is 3.26. The molecule has 0 aliphatic rings. The average molecular weight is 452 g/mol. The molecule has 4 rings (SSSR count). The Balaban J connectivity index is 1.74. The monoisotopic (exact) mass is 452 g/mol. The number of anilines is 1. The Morgan fingerprint density at radius 3 is 2.66 bits per heavy atom. The second kappa shape index (κ2) is 8.64. The Kier molecular flexibility index (Phi) is 5.75. The molecule has 2 heterocycles. The standard InChI is InChI=1S/C22H20N4O5S/c1-4-6-15-7-8-17(29-2)20(13-15)32(27,28)25-22-21-18(30-3)11-16(12-19(21)31-24-22)14-26-10-5-9-23-26/h5,7-13H,14H2,1-3H3,(H,24,25). The van der Waals surface area contributed by atoms with E-state index in [9.17, 15) is 8.42 Å². The van der Waals surface area contributed by atoms with Gasteiger partial charge in [0, 0.05) is 18.0 Å². The van der Waals surface area contributed by atoms with Gasteiger partial charge >= 0.3 is 0 Å². The first-order valence-corrected chi connectivity index (χ1v) is 11.0. The molecule has 0 amide bonds. The van der Waals surface area contributed by atoms with Crippen LogP contribution in [-0.2, 0) is 16.6 Å². The van der Waals surface area contributed by atoms with Crippen LogP contribution in [0.4, 0.5) is 5.82 Å². The molecule has 0 radical (unpaired) electrons. The highest BCUT2D eigenvalue weighted by molar-refractivity contribution is 7.92. The number of aromatic nitrogens is 3. The lowest BCUT2D eigenvalue weighted by Gasteiger charge is -2.11. The molecule has 2 aromatic carbocycles. The Labute approximate surface area is 185 Å². The molecule has 0 bridgehead atoms. The van der Waals surface area contributed by atoms with Gasteiger partial charge in [-0.3, -0.25) is 9.40 Å². The van der Waals surface area contributed by atoms with Gasteiger partial charge in [0.15, 0.2) is 11.4 Å². The van der Waals surface area contributed by atoms with E-state index in [1.54, 1.807) is 42.1 Å². The summed E-state index contributed by atoms with van der Waals surface area (Å²) >= 11 is 0. The third-order valence-corrected chi connectivity index (χ3v) is 6.04. The highest BCUT2D eigenvalue weighted by Crippen LogP contribution is 2.36. The molecule has 2 aromatic heterocycles. The zero-order valence-electron chi connectivity index (χ0n) is 17.6. The number of rotatable bonds is 7. The molecule has 0 aliphatic carbocycles. The number of nitrogens with zero attached hydrogens (tertiary/aromatic N) is 3. The van der Waals surface area contributed by atoms with Gasteiger partial charge in [-0.1, -0.05) is 11.1 Å². The summed E-state index contributed by atoms with van der Waals surface area (Å²) in [5.74, 6) is 6.20. The quantitative estimate of drug-likeness (QED) is 0.429. The van der Waals surface area contributed by atoms with Gasteiger partial charge in [-0.2, -0.15) is 5.10 Å². The van der Waals surface area contributed by atoms with Crippen molar-refractivity contribution >= 4 is 26.8 Å². The number of hydrogen-bond acceptors (Lipinski definition) is 7. The molecule has 0 atom stereocenters. The number of ether oxygens (including phenoxy) is 2. The summed E-state index contributed by atoms with van der Waals surface area (Å²) in [7, 11) is -1.18. The van der Waals surface area contributed by atoms with E-state index in [-0.39, 0.29) is 16.5 Å². The SMILES string of the molecule is CC#Cc1ccc(OC)c(S(=O)(=O)Nc2noc3cc(Cn4cccn4)cc(OC)c23)c1. The molecule has 32 heavy (non-hydrogen) atoms. The minimum Gasteiger partial charge on any atom is -0.496 e. The highest BCUT2D eigenvalue weighted by Gasteiger charge is 2.25. The van der Waals surface area contributed by atoms with E-state index >= 15 is 0 Å². The minimum absolute atomic E-state index is 0.0107. The summed E-state index contributed by atoms with van der Waals surface area (Å²) in [6.07, 6.45) is 3.52. The van der Waals surface area contributed by atoms with Crippen molar-refractivity contribution in [2.75, 3.05) is 18.9 Å². The van der Waals surface area contributed by atoms with Crippen LogP contribution in [-0.4, -0.2) is 37.6 Å². The van der Waals surface area contributed by atoms with Crippen LogP contribution in [0.3, 0.4) is 0 Å². The topological polar surface area (TPSA) is 108 Å². The molecule has 0 fully saturated rings. The van der Waals surface area contributed by atoms with Gasteiger partial charge in [-0.25, -0.2) is 8.42 Å². The zero-order valence-corrected chi connectivity index (χ0v) is 18.4. The molecule has 0 spiro atoms. The average Bonchev–Trinajstić information content (AvgIpc) is 3.43. The van der Waals surface area contributed by atoms with Crippen molar-refractivity contribution in [2.45, 2.75) is 18.4 Å². The number of methoxy groups -OCH3 is 2. The van der Waals surface area contributed by atoms with Crippen molar-refractivity contribution in [1.82, 2.24) is 14.9 Å². The molecular formula is C22H20N4O5S. The molecular weight excluding hydrogens is 432 g/mol. The van der Waals surface area contributed by atoms with Crippen molar-refractivity contribution in [2.24, 2.45) is 0 Å². The summed E-state index contributed by atoms with van der Waals surface area (Å²) < 4.78 is 46.7. The number of nitrogens with one attached hydrogen (secondary N) is 1. The smallest absolute Gasteiger partial charge is 0.266 e. The molecule has 9 nitrogen and oxygen atoms in total. The van der Waals surface area contributed by atoms with Gasteiger partial charge in [0.05, 0.1) is 20.8 Å². The largest absolute Gasteiger partial charge is 0.496 e. The van der Waals surface area contributed by atoms with Gasteiger partial charge in [-0.15, -0.1) is 5.92 Å². The highest BCUT2D eigenvalue weighted by atomic mass is 32.2. The molecule has 164 valence electrons. The first-order chi connectivity index (χ1) is 15.4. The van der Waals surface area contributed by atoms with Crippen LogP contribution in [0.25, 0.3) is 11.0 Å². The maximum Gasteiger partial charge on any atom is 0.266 e. The van der Waals surface area contributed by atoms with Gasteiger partial charge < -0.3 is 14.0 Å². The van der Waals surface area contributed by atoms with Crippen LogP contribution in [0, 0.1) is 11.8 Å². The Morgan fingerprint density at radius 1 is 1.16 bits per heavy atom. The molecule has 0 aliphatic heterocycles. The molecule has 10 heteroatoms. The van der Waals surface area contributed by atoms with E-state index in [2.05, 4.69) is 26.8 Å². The second-order valence-corrected chi connectivity index (χ2v) is 8.40. The molecule has 0 unspecified atom stereocenters. The lowest BCUT2D eigenvalue weighted by Crippen LogP contribution is -2.15. The van der Waals surface area contributed by atoms with Gasteiger partial charge in [0.1, 0.15) is 21.8 Å². The van der Waals surface area contributed by atoms with Crippen LogP contribution in [0.2, 0.25) is 0 Å². The first kappa shape index (κ1) is 21.3. The minimum atomic E-state index is -4.07. The van der Waals surface area contributed by atoms with E-state index in [0.29, 0.717) is 28.8 Å². The molecule has 4 aromatic rings. The van der Waals surface area contributed by atoms with E-state index in [4.69, 9.17) is 14.0 Å². The van der Waals surface area contributed by atoms with Crippen molar-refractivity contribution in [3.8, 4) is 23.3 Å². The van der Waals surface area contributed by atoms with Crippen LogP contribution < -0.4 is 14.2 Å². The maximum atomic E-state index is 13.2. The van der Waals surface area contributed by atoms with Crippen molar-refractivity contribution in [3.63, 3.8) is 0 Å². The van der Waals surface area contributed by atoms with Gasteiger partial charge in [-0.05, 0) is 48.9 Å². The normalized spacial score (nSPS) is 11.1. The fourth-order valence-corrected chi connectivity index (χ4v) is 4.49. The van der Waals surface area contributed by atoms with Crippen molar-refractivity contribution in [1.29, 1.82) is 0 Å². The van der Waals surface area contributed by atoms with Crippen molar-refractivity contribution < 1.29 is 22.4 Å². The third-order valence-electron chi connectivity index (χ3n) is 4.68. The summed E-state index contributed by atoms with van der Waals surface area (Å²) in [6.45, 7) is 2.16. The number of sulfonamides is 1. The lowest BCUT2D eigenvalue weighted by molar-refractivity contribution is 0.403. The van der Waals surface area contributed by atoms with E-state index in [1.807, 2.05) is 12.3 Å². The number of hydrogen-bond donors (Lipinski definition) is 1. The van der Waals surface area contributed by atoms with Crippen LogP contribution in [0.5, 0.6) is 11.5 Å². The lowest BCUT2D eigenvalue weighted by atomic mass is 10.1. The molecule has 0 saturated carbocycles. The second-order valence-electron chi connectivity index (χ2n) is 6.75. The predicted molar refractivity (Wildman–Crippen MR) is 118 cm³/mol. The van der Waals surface area contributed by atoms with Crippen molar-refractivity contribution in [3.05, 3.63) is 59.9 Å². The van der Waals surface area contributed by atoms with Crippen LogP contribution >= 0.6 is 0 Å². The third kappa shape index (κ3) is 4.10. The first-order valence-electron chi connectivity index (χ1n) is 9.52. The van der Waals surface area contributed by atoms with Gasteiger partial charge in [0.2, 0.25) is 0 Å². The van der Waals surface area contributed by atoms with E-state index in [0.717, 1.165) is 5.56 Å². The van der Waals surface area contributed by atoms with E-state index in [1.165, 1.54) is 20.3 Å². The maximum absolute atomic E-state index is 13.2. The van der Waals surface area contributed by atoms with E-state index < -0.39 is 10.0 Å². The summed E-state index contributed by atoms with van der Waals surface area (Å²) in [5.41, 5.74) is 1.78. The number of fused-ring (bicyclic) bond motifs is 1. The Morgan fingerprint density at radius 2 is 1.97 bits per heavy atom. The van der Waals surface area contributed by atoms with Crippen LogP contribution in [0.15, 0.2) is 58.2 Å². The fraction of sp³-hybridized carbons (Fsp3) is 0.182. The zero-order chi connectivity index (χ0) is 22.7. The van der Waals surface area contributed by atoms with Gasteiger partial charge in [0.25, 0.3) is 10.0 Å². The Hall–Kier alpha value is -3.97. The molecule has 1 N–H and O–H groups in total. The summed E-state index contributed by atoms with van der Waals surface area (Å²) in [6, 6.07) is 10.1.